The first-order valence-corrected chi connectivity index (χ1v) is 8.31. The first-order valence-electron chi connectivity index (χ1n) is 7.49. The van der Waals surface area contributed by atoms with Gasteiger partial charge in [-0.05, 0) is 54.1 Å². The van der Waals surface area contributed by atoms with Crippen molar-refractivity contribution in [2.24, 2.45) is 0 Å². The highest BCUT2D eigenvalue weighted by molar-refractivity contribution is 7.19. The molecule has 3 aromatic rings. The van der Waals surface area contributed by atoms with E-state index >= 15 is 0 Å². The maximum atomic E-state index is 5.70. The molecular weight excluding hydrogens is 288 g/mol. The number of hydrogen-bond donors (Lipinski definition) is 0. The largest absolute Gasteiger partial charge is 0.489 e. The van der Waals surface area contributed by atoms with Crippen molar-refractivity contribution >= 4 is 21.4 Å². The Bertz CT molecular complexity index is 781. The van der Waals surface area contributed by atoms with E-state index in [-0.39, 0.29) is 0 Å². The Morgan fingerprint density at radius 3 is 2.68 bits per heavy atom. The van der Waals surface area contributed by atoms with Gasteiger partial charge >= 0.3 is 0 Å². The lowest BCUT2D eigenvalue weighted by atomic mass is 9.99. The van der Waals surface area contributed by atoms with Gasteiger partial charge in [-0.25, -0.2) is 0 Å². The van der Waals surface area contributed by atoms with Crippen molar-refractivity contribution < 1.29 is 4.74 Å². The van der Waals surface area contributed by atoms with Crippen molar-refractivity contribution in [2.75, 3.05) is 6.61 Å². The van der Waals surface area contributed by atoms with Crippen molar-refractivity contribution in [1.82, 2.24) is 0 Å². The molecule has 0 N–H and O–H groups in total. The van der Waals surface area contributed by atoms with E-state index in [2.05, 4.69) is 62.9 Å². The van der Waals surface area contributed by atoms with Gasteiger partial charge < -0.3 is 4.74 Å². The number of rotatable bonds is 5. The lowest BCUT2D eigenvalue weighted by Gasteiger charge is -2.13. The maximum Gasteiger partial charge on any atom is 0.122 e. The molecule has 2 heteroatoms. The smallest absolute Gasteiger partial charge is 0.122 e. The van der Waals surface area contributed by atoms with Crippen LogP contribution >= 0.6 is 11.3 Å². The highest BCUT2D eigenvalue weighted by atomic mass is 32.1. The molecule has 0 spiro atoms. The summed E-state index contributed by atoms with van der Waals surface area (Å²) in [5.41, 5.74) is 3.91. The van der Waals surface area contributed by atoms with E-state index in [1.54, 1.807) is 6.08 Å². The number of benzene rings is 2. The van der Waals surface area contributed by atoms with E-state index < -0.39 is 0 Å². The molecule has 22 heavy (non-hydrogen) atoms. The fraction of sp³-hybridized carbons (Fsp3) is 0.200. The van der Waals surface area contributed by atoms with Crippen LogP contribution < -0.4 is 4.74 Å². The lowest BCUT2D eigenvalue weighted by molar-refractivity contribution is 0.360. The molecule has 0 aliphatic heterocycles. The number of fused-ring (bicyclic) bond motifs is 1. The van der Waals surface area contributed by atoms with Gasteiger partial charge in [0.2, 0.25) is 0 Å². The topological polar surface area (TPSA) is 9.23 Å². The molecule has 0 saturated heterocycles. The highest BCUT2D eigenvalue weighted by Gasteiger charge is 2.09. The fourth-order valence-corrected chi connectivity index (χ4v) is 3.75. The molecule has 0 saturated carbocycles. The van der Waals surface area contributed by atoms with Crippen molar-refractivity contribution in [3.05, 3.63) is 76.7 Å². The molecule has 0 fully saturated rings. The first kappa shape index (κ1) is 14.9. The summed E-state index contributed by atoms with van der Waals surface area (Å²) in [7, 11) is 0. The average Bonchev–Trinajstić information content (AvgIpc) is 2.93. The second-order valence-corrected chi connectivity index (χ2v) is 6.67. The number of ether oxygens (including phenoxy) is 1. The Morgan fingerprint density at radius 1 is 1.09 bits per heavy atom. The van der Waals surface area contributed by atoms with Gasteiger partial charge in [0.1, 0.15) is 12.4 Å². The van der Waals surface area contributed by atoms with Crippen LogP contribution in [0.15, 0.2) is 55.1 Å². The predicted molar refractivity (Wildman–Crippen MR) is 96.2 cm³/mol. The van der Waals surface area contributed by atoms with Crippen LogP contribution in [0.5, 0.6) is 5.75 Å². The molecule has 0 unspecified atom stereocenters. The summed E-state index contributed by atoms with van der Waals surface area (Å²) in [5.74, 6) is 0.956. The predicted octanol–water partition coefficient (Wildman–Crippen LogP) is 5.67. The van der Waals surface area contributed by atoms with Crippen LogP contribution in [-0.2, 0) is 6.42 Å². The molecule has 1 aromatic heterocycles. The van der Waals surface area contributed by atoms with E-state index in [0.717, 1.165) is 12.2 Å². The minimum Gasteiger partial charge on any atom is -0.489 e. The van der Waals surface area contributed by atoms with Crippen molar-refractivity contribution in [3.8, 4) is 5.75 Å². The molecule has 0 atom stereocenters. The Kier molecular flexibility index (Phi) is 4.30. The van der Waals surface area contributed by atoms with Crippen LogP contribution in [0.2, 0.25) is 0 Å². The van der Waals surface area contributed by atoms with Gasteiger partial charge in [0, 0.05) is 16.0 Å². The van der Waals surface area contributed by atoms with Gasteiger partial charge in [-0.3, -0.25) is 0 Å². The van der Waals surface area contributed by atoms with Gasteiger partial charge in [-0.2, -0.15) is 0 Å². The van der Waals surface area contributed by atoms with Crippen LogP contribution in [0.3, 0.4) is 0 Å². The molecule has 3 rings (SSSR count). The standard InChI is InChI=1S/C20H20OS/c1-4-11-21-19-10-9-16(14(2)15(19)3)12-18-13-17-7-5-6-8-20(17)22-18/h4-10,13H,1,11-12H2,2-3H3. The molecule has 1 nitrogen and oxygen atoms in total. The quantitative estimate of drug-likeness (QED) is 0.551. The van der Waals surface area contributed by atoms with Crippen molar-refractivity contribution in [1.29, 1.82) is 0 Å². The second-order valence-electron chi connectivity index (χ2n) is 5.50. The average molecular weight is 308 g/mol. The number of thiophene rings is 1. The summed E-state index contributed by atoms with van der Waals surface area (Å²) in [6.45, 7) is 8.56. The Hall–Kier alpha value is -2.06. The van der Waals surface area contributed by atoms with E-state index in [1.807, 2.05) is 11.3 Å². The monoisotopic (exact) mass is 308 g/mol. The third-order valence-electron chi connectivity index (χ3n) is 4.05. The SMILES string of the molecule is C=CCOc1ccc(Cc2cc3ccccc3s2)c(C)c1C. The van der Waals surface area contributed by atoms with Gasteiger partial charge in [0.25, 0.3) is 0 Å². The van der Waals surface area contributed by atoms with Gasteiger partial charge in [-0.15, -0.1) is 11.3 Å². The van der Waals surface area contributed by atoms with Crippen LogP contribution in [0.25, 0.3) is 10.1 Å². The first-order chi connectivity index (χ1) is 10.7. The zero-order chi connectivity index (χ0) is 15.5. The normalized spacial score (nSPS) is 10.8. The molecular formula is C20H20OS. The Morgan fingerprint density at radius 2 is 1.91 bits per heavy atom. The molecule has 0 radical (unpaired) electrons. The van der Waals surface area contributed by atoms with Crippen LogP contribution in [0, 0.1) is 13.8 Å². The van der Waals surface area contributed by atoms with E-state index in [1.165, 1.54) is 31.7 Å². The fourth-order valence-electron chi connectivity index (χ4n) is 2.66. The zero-order valence-corrected chi connectivity index (χ0v) is 13.9. The molecule has 1 heterocycles. The summed E-state index contributed by atoms with van der Waals surface area (Å²) in [4.78, 5) is 1.41. The summed E-state index contributed by atoms with van der Waals surface area (Å²) in [5, 5.41) is 1.34. The Balaban J connectivity index is 1.88. The minimum atomic E-state index is 0.552. The van der Waals surface area contributed by atoms with Crippen molar-refractivity contribution in [2.45, 2.75) is 20.3 Å². The molecule has 0 bridgehead atoms. The molecule has 112 valence electrons. The van der Waals surface area contributed by atoms with Gasteiger partial charge in [-0.1, -0.05) is 36.9 Å². The molecule has 0 amide bonds. The van der Waals surface area contributed by atoms with Gasteiger partial charge in [0.15, 0.2) is 0 Å². The van der Waals surface area contributed by atoms with Crippen LogP contribution in [-0.4, -0.2) is 6.61 Å². The summed E-state index contributed by atoms with van der Waals surface area (Å²) in [6, 6.07) is 15.1. The van der Waals surface area contributed by atoms with Crippen LogP contribution in [0.4, 0.5) is 0 Å². The summed E-state index contributed by atoms with van der Waals surface area (Å²) >= 11 is 1.88. The third-order valence-corrected chi connectivity index (χ3v) is 5.16. The minimum absolute atomic E-state index is 0.552. The van der Waals surface area contributed by atoms with E-state index in [0.29, 0.717) is 6.61 Å². The highest BCUT2D eigenvalue weighted by Crippen LogP contribution is 2.30. The van der Waals surface area contributed by atoms with Gasteiger partial charge in [0.05, 0.1) is 0 Å². The van der Waals surface area contributed by atoms with Crippen molar-refractivity contribution in [3.63, 3.8) is 0 Å². The summed E-state index contributed by atoms with van der Waals surface area (Å²) in [6.07, 6.45) is 2.76. The summed E-state index contributed by atoms with van der Waals surface area (Å²) < 4.78 is 7.06. The van der Waals surface area contributed by atoms with E-state index in [9.17, 15) is 0 Å². The van der Waals surface area contributed by atoms with Crippen LogP contribution in [0.1, 0.15) is 21.6 Å². The molecule has 0 aliphatic carbocycles. The second kappa shape index (κ2) is 6.37. The lowest BCUT2D eigenvalue weighted by Crippen LogP contribution is -1.99. The Labute approximate surface area is 135 Å². The zero-order valence-electron chi connectivity index (χ0n) is 13.1. The molecule has 0 aliphatic rings. The van der Waals surface area contributed by atoms with E-state index in [4.69, 9.17) is 4.74 Å². The third kappa shape index (κ3) is 2.93. The molecule has 2 aromatic carbocycles. The maximum absolute atomic E-state index is 5.70. The number of hydrogen-bond acceptors (Lipinski definition) is 2.